The van der Waals surface area contributed by atoms with E-state index >= 15 is 0 Å². The first kappa shape index (κ1) is 16.9. The number of nitrogens with two attached hydrogens (primary N) is 1. The number of nitrogens with zero attached hydrogens (tertiary/aromatic N) is 6. The molecule has 2 N–H and O–H groups in total. The number of hydrogen-bond donors (Lipinski definition) is 1. The highest BCUT2D eigenvalue weighted by atomic mass is 32.1. The fourth-order valence-corrected chi connectivity index (χ4v) is 4.69. The largest absolute Gasteiger partial charge is 0.378 e. The maximum Gasteiger partial charge on any atom is 0.228 e. The molecule has 1 saturated heterocycles. The number of thiazole rings is 1. The number of anilines is 2. The van der Waals surface area contributed by atoms with E-state index in [0.717, 1.165) is 53.5 Å². The van der Waals surface area contributed by atoms with Crippen LogP contribution < -0.4 is 10.6 Å². The molecular weight excluding hydrogens is 362 g/mol. The predicted molar refractivity (Wildman–Crippen MR) is 106 cm³/mol. The molecule has 0 unspecified atom stereocenters. The van der Waals surface area contributed by atoms with E-state index in [0.29, 0.717) is 24.4 Å². The van der Waals surface area contributed by atoms with Gasteiger partial charge in [0.25, 0.3) is 0 Å². The quantitative estimate of drug-likeness (QED) is 0.740. The zero-order chi connectivity index (χ0) is 18.2. The van der Waals surface area contributed by atoms with Crippen molar-refractivity contribution < 1.29 is 4.74 Å². The van der Waals surface area contributed by atoms with Gasteiger partial charge in [-0.15, -0.1) is 0 Å². The second-order valence-corrected chi connectivity index (χ2v) is 8.21. The van der Waals surface area contributed by atoms with Crippen molar-refractivity contribution in [2.45, 2.75) is 38.1 Å². The van der Waals surface area contributed by atoms with E-state index in [-0.39, 0.29) is 0 Å². The van der Waals surface area contributed by atoms with Crippen molar-refractivity contribution in [3.05, 3.63) is 12.4 Å². The normalized spacial score (nSPS) is 19.0. The molecule has 27 heavy (non-hydrogen) atoms. The Hall–Kier alpha value is -2.26. The minimum atomic E-state index is 0.420. The number of morpholine rings is 1. The van der Waals surface area contributed by atoms with Gasteiger partial charge in [0, 0.05) is 19.3 Å². The lowest BCUT2D eigenvalue weighted by Crippen LogP contribution is -2.37. The maximum atomic E-state index is 5.88. The number of hydrogen-bond acceptors (Lipinski definition) is 8. The second-order valence-electron chi connectivity index (χ2n) is 7.15. The van der Waals surface area contributed by atoms with Gasteiger partial charge in [0.05, 0.1) is 41.4 Å². The summed E-state index contributed by atoms with van der Waals surface area (Å²) < 4.78 is 7.61. The van der Waals surface area contributed by atoms with Crippen LogP contribution in [-0.2, 0) is 4.74 Å². The van der Waals surface area contributed by atoms with Gasteiger partial charge in [-0.25, -0.2) is 14.6 Å². The molecule has 142 valence electrons. The molecule has 0 amide bonds. The van der Waals surface area contributed by atoms with Crippen LogP contribution >= 0.6 is 11.3 Å². The number of rotatable bonds is 3. The summed E-state index contributed by atoms with van der Waals surface area (Å²) in [5.74, 6) is 0.741. The van der Waals surface area contributed by atoms with Crippen molar-refractivity contribution in [2.75, 3.05) is 36.9 Å². The van der Waals surface area contributed by atoms with Crippen molar-refractivity contribution in [1.82, 2.24) is 24.7 Å². The smallest absolute Gasteiger partial charge is 0.228 e. The van der Waals surface area contributed by atoms with Crippen molar-refractivity contribution in [1.29, 1.82) is 0 Å². The lowest BCUT2D eigenvalue weighted by atomic mass is 9.96. The summed E-state index contributed by atoms with van der Waals surface area (Å²) in [4.78, 5) is 17.2. The van der Waals surface area contributed by atoms with Crippen molar-refractivity contribution in [3.8, 4) is 10.6 Å². The Balaban J connectivity index is 1.65. The standard InChI is InChI=1S/C18H23N7OS/c19-17-20-11-14(27-17)15-13-10-21-25(12-4-2-1-3-5-12)16(13)23-18(22-15)24-6-8-26-9-7-24/h10-12H,1-9H2,(H2,19,20). The molecule has 2 fully saturated rings. The van der Waals surface area contributed by atoms with E-state index in [2.05, 4.69) is 14.6 Å². The van der Waals surface area contributed by atoms with Crippen LogP contribution in [0.4, 0.5) is 11.1 Å². The highest BCUT2D eigenvalue weighted by Gasteiger charge is 2.24. The average Bonchev–Trinajstić information content (AvgIpc) is 3.35. The fourth-order valence-electron chi connectivity index (χ4n) is 4.00. The highest BCUT2D eigenvalue weighted by Crippen LogP contribution is 2.35. The highest BCUT2D eigenvalue weighted by molar-refractivity contribution is 7.18. The van der Waals surface area contributed by atoms with E-state index in [1.54, 1.807) is 6.20 Å². The molecule has 2 aliphatic rings. The summed E-state index contributed by atoms with van der Waals surface area (Å²) in [6, 6.07) is 0.420. The zero-order valence-corrected chi connectivity index (χ0v) is 16.0. The van der Waals surface area contributed by atoms with Crippen LogP contribution in [0.1, 0.15) is 38.1 Å². The summed E-state index contributed by atoms with van der Waals surface area (Å²) in [6.45, 7) is 3.00. The summed E-state index contributed by atoms with van der Waals surface area (Å²) in [7, 11) is 0. The zero-order valence-electron chi connectivity index (χ0n) is 15.2. The Morgan fingerprint density at radius 2 is 1.89 bits per heavy atom. The van der Waals surface area contributed by atoms with Gasteiger partial charge in [-0.05, 0) is 12.8 Å². The van der Waals surface area contributed by atoms with E-state index in [1.165, 1.54) is 30.6 Å². The molecule has 0 aromatic carbocycles. The van der Waals surface area contributed by atoms with Gasteiger partial charge >= 0.3 is 0 Å². The Bertz CT molecular complexity index is 940. The minimum absolute atomic E-state index is 0.420. The lowest BCUT2D eigenvalue weighted by Gasteiger charge is -2.27. The predicted octanol–water partition coefficient (Wildman–Crippen LogP) is 2.87. The minimum Gasteiger partial charge on any atom is -0.378 e. The molecule has 3 aromatic heterocycles. The van der Waals surface area contributed by atoms with Crippen LogP contribution in [0.25, 0.3) is 21.6 Å². The van der Waals surface area contributed by atoms with Crippen LogP contribution in [0.5, 0.6) is 0 Å². The molecule has 0 atom stereocenters. The van der Waals surface area contributed by atoms with Gasteiger partial charge in [-0.2, -0.15) is 10.1 Å². The molecule has 0 radical (unpaired) electrons. The molecule has 1 aliphatic carbocycles. The van der Waals surface area contributed by atoms with Gasteiger partial charge < -0.3 is 15.4 Å². The molecule has 4 heterocycles. The number of ether oxygens (including phenoxy) is 1. The van der Waals surface area contributed by atoms with Gasteiger partial charge in [0.1, 0.15) is 0 Å². The third-order valence-electron chi connectivity index (χ3n) is 5.41. The van der Waals surface area contributed by atoms with Gasteiger partial charge in [-0.1, -0.05) is 30.6 Å². The molecule has 1 aliphatic heterocycles. The van der Waals surface area contributed by atoms with E-state index < -0.39 is 0 Å². The third kappa shape index (κ3) is 3.14. The summed E-state index contributed by atoms with van der Waals surface area (Å²) >= 11 is 1.45. The Morgan fingerprint density at radius 1 is 1.07 bits per heavy atom. The lowest BCUT2D eigenvalue weighted by molar-refractivity contribution is 0.122. The van der Waals surface area contributed by atoms with Gasteiger partial charge in [0.2, 0.25) is 5.95 Å². The van der Waals surface area contributed by atoms with Crippen LogP contribution in [-0.4, -0.2) is 51.0 Å². The SMILES string of the molecule is Nc1ncc(-c2nc(N3CCOCC3)nc3c2cnn3C2CCCCC2)s1. The first-order valence-electron chi connectivity index (χ1n) is 9.59. The van der Waals surface area contributed by atoms with Crippen LogP contribution in [0.3, 0.4) is 0 Å². The second kappa shape index (κ2) is 7.05. The van der Waals surface area contributed by atoms with E-state index in [4.69, 9.17) is 25.5 Å². The molecular formula is C18H23N7OS. The molecule has 8 nitrogen and oxygen atoms in total. The molecule has 0 spiro atoms. The van der Waals surface area contributed by atoms with Crippen molar-refractivity contribution in [3.63, 3.8) is 0 Å². The Labute approximate surface area is 161 Å². The number of fused-ring (bicyclic) bond motifs is 1. The Kier molecular flexibility index (Phi) is 4.41. The topological polar surface area (TPSA) is 95.0 Å². The monoisotopic (exact) mass is 385 g/mol. The molecule has 3 aromatic rings. The number of nitrogen functional groups attached to an aromatic ring is 1. The van der Waals surface area contributed by atoms with Crippen molar-refractivity contribution in [2.24, 2.45) is 0 Å². The van der Waals surface area contributed by atoms with Crippen LogP contribution in [0, 0.1) is 0 Å². The fraction of sp³-hybridized carbons (Fsp3) is 0.556. The Morgan fingerprint density at radius 3 is 2.63 bits per heavy atom. The van der Waals surface area contributed by atoms with Crippen molar-refractivity contribution >= 4 is 33.5 Å². The van der Waals surface area contributed by atoms with E-state index in [9.17, 15) is 0 Å². The van der Waals surface area contributed by atoms with Gasteiger partial charge in [-0.3, -0.25) is 0 Å². The maximum absolute atomic E-state index is 5.88. The first-order valence-corrected chi connectivity index (χ1v) is 10.4. The van der Waals surface area contributed by atoms with E-state index in [1.807, 2.05) is 6.20 Å². The average molecular weight is 385 g/mol. The number of aromatic nitrogens is 5. The van der Waals surface area contributed by atoms with Gasteiger partial charge in [0.15, 0.2) is 10.8 Å². The molecule has 0 bridgehead atoms. The van der Waals surface area contributed by atoms with Crippen LogP contribution in [0.15, 0.2) is 12.4 Å². The third-order valence-corrected chi connectivity index (χ3v) is 6.25. The summed E-state index contributed by atoms with van der Waals surface area (Å²) in [6.07, 6.45) is 9.85. The molecule has 1 saturated carbocycles. The molecule has 9 heteroatoms. The summed E-state index contributed by atoms with van der Waals surface area (Å²) in [5, 5.41) is 6.24. The summed E-state index contributed by atoms with van der Waals surface area (Å²) in [5.41, 5.74) is 7.67. The van der Waals surface area contributed by atoms with Crippen LogP contribution in [0.2, 0.25) is 0 Å². The first-order chi connectivity index (χ1) is 13.3. The molecule has 5 rings (SSSR count).